The summed E-state index contributed by atoms with van der Waals surface area (Å²) >= 11 is 0. The highest BCUT2D eigenvalue weighted by atomic mass is 16.5. The second-order valence-corrected chi connectivity index (χ2v) is 7.07. The molecule has 4 aromatic rings. The predicted octanol–water partition coefficient (Wildman–Crippen LogP) is 4.96. The van der Waals surface area contributed by atoms with Crippen molar-refractivity contribution in [2.45, 2.75) is 20.4 Å². The Labute approximate surface area is 169 Å². The number of carbonyl (C=O) groups excluding carboxylic acids is 1. The number of amides is 1. The molecule has 146 valence electrons. The summed E-state index contributed by atoms with van der Waals surface area (Å²) in [7, 11) is 1.64. The molecule has 4 rings (SSSR count). The molecule has 0 unspecified atom stereocenters. The first-order valence-corrected chi connectivity index (χ1v) is 9.52. The van der Waals surface area contributed by atoms with E-state index in [9.17, 15) is 4.79 Å². The van der Waals surface area contributed by atoms with Gasteiger partial charge in [-0.25, -0.2) is 0 Å². The van der Waals surface area contributed by atoms with Gasteiger partial charge in [-0.05, 0) is 54.4 Å². The Morgan fingerprint density at radius 1 is 1.00 bits per heavy atom. The number of nitrogens with one attached hydrogen (secondary N) is 1. The second-order valence-electron chi connectivity index (χ2n) is 7.07. The fraction of sp³-hybridized carbons (Fsp3) is 0.167. The lowest BCUT2D eigenvalue weighted by Crippen LogP contribution is -2.13. The maximum absolute atomic E-state index is 12.9. The largest absolute Gasteiger partial charge is 0.497 e. The maximum Gasteiger partial charge on any atom is 0.255 e. The van der Waals surface area contributed by atoms with E-state index in [0.717, 1.165) is 33.6 Å². The van der Waals surface area contributed by atoms with Crippen molar-refractivity contribution in [1.82, 2.24) is 9.78 Å². The monoisotopic (exact) mass is 385 g/mol. The van der Waals surface area contributed by atoms with E-state index in [-0.39, 0.29) is 5.91 Å². The van der Waals surface area contributed by atoms with Crippen LogP contribution in [0.15, 0.2) is 66.7 Å². The minimum atomic E-state index is -0.145. The average Bonchev–Trinajstić information content (AvgIpc) is 3.01. The summed E-state index contributed by atoms with van der Waals surface area (Å²) < 4.78 is 7.19. The van der Waals surface area contributed by atoms with Gasteiger partial charge in [0.25, 0.3) is 5.91 Å². The first-order chi connectivity index (χ1) is 14.0. The molecule has 1 N–H and O–H groups in total. The number of carbonyl (C=O) groups is 1. The summed E-state index contributed by atoms with van der Waals surface area (Å²) in [5, 5.41) is 9.67. The zero-order chi connectivity index (χ0) is 20.4. The van der Waals surface area contributed by atoms with Crippen LogP contribution in [0.5, 0.6) is 5.75 Å². The van der Waals surface area contributed by atoms with Crippen LogP contribution in [0.2, 0.25) is 0 Å². The Morgan fingerprint density at radius 3 is 2.48 bits per heavy atom. The zero-order valence-electron chi connectivity index (χ0n) is 16.8. The highest BCUT2D eigenvalue weighted by Gasteiger charge is 2.16. The van der Waals surface area contributed by atoms with E-state index in [1.807, 2.05) is 73.1 Å². The third-order valence-corrected chi connectivity index (χ3v) is 5.10. The number of hydrogen-bond acceptors (Lipinski definition) is 3. The van der Waals surface area contributed by atoms with Crippen LogP contribution in [0.3, 0.4) is 0 Å². The fourth-order valence-corrected chi connectivity index (χ4v) is 3.47. The molecule has 0 aliphatic carbocycles. The molecule has 0 spiro atoms. The molecule has 1 amide bonds. The highest BCUT2D eigenvalue weighted by molar-refractivity contribution is 6.07. The smallest absolute Gasteiger partial charge is 0.255 e. The van der Waals surface area contributed by atoms with E-state index in [4.69, 9.17) is 4.74 Å². The Morgan fingerprint density at radius 2 is 1.72 bits per heavy atom. The van der Waals surface area contributed by atoms with Crippen molar-refractivity contribution in [3.8, 4) is 5.75 Å². The van der Waals surface area contributed by atoms with Gasteiger partial charge in [0.1, 0.15) is 5.75 Å². The van der Waals surface area contributed by atoms with Crippen LogP contribution in [0.4, 0.5) is 5.69 Å². The third kappa shape index (κ3) is 3.85. The number of aromatic nitrogens is 2. The van der Waals surface area contributed by atoms with Crippen molar-refractivity contribution in [2.24, 2.45) is 0 Å². The van der Waals surface area contributed by atoms with Gasteiger partial charge in [-0.3, -0.25) is 9.48 Å². The molecule has 0 atom stereocenters. The summed E-state index contributed by atoms with van der Waals surface area (Å²) in [6.45, 7) is 4.56. The van der Waals surface area contributed by atoms with Gasteiger partial charge < -0.3 is 10.1 Å². The number of methoxy groups -OCH3 is 1. The van der Waals surface area contributed by atoms with Crippen LogP contribution in [0.25, 0.3) is 10.8 Å². The summed E-state index contributed by atoms with van der Waals surface area (Å²) in [5.74, 6) is 0.653. The van der Waals surface area contributed by atoms with Gasteiger partial charge in [-0.2, -0.15) is 5.10 Å². The van der Waals surface area contributed by atoms with Crippen molar-refractivity contribution < 1.29 is 9.53 Å². The van der Waals surface area contributed by atoms with Gasteiger partial charge in [-0.15, -0.1) is 0 Å². The lowest BCUT2D eigenvalue weighted by Gasteiger charge is -2.09. The fourth-order valence-electron chi connectivity index (χ4n) is 3.47. The number of anilines is 1. The molecule has 0 saturated heterocycles. The second kappa shape index (κ2) is 7.80. The van der Waals surface area contributed by atoms with E-state index in [0.29, 0.717) is 12.1 Å². The van der Waals surface area contributed by atoms with Crippen LogP contribution >= 0.6 is 0 Å². The van der Waals surface area contributed by atoms with Crippen molar-refractivity contribution in [3.63, 3.8) is 0 Å². The number of benzene rings is 3. The van der Waals surface area contributed by atoms with Crippen LogP contribution in [-0.2, 0) is 6.54 Å². The number of aryl methyl sites for hydroxylation is 1. The number of hydrogen-bond donors (Lipinski definition) is 1. The Balaban J connectivity index is 1.57. The van der Waals surface area contributed by atoms with Gasteiger partial charge in [-0.1, -0.05) is 42.5 Å². The third-order valence-electron chi connectivity index (χ3n) is 5.10. The average molecular weight is 385 g/mol. The van der Waals surface area contributed by atoms with E-state index in [1.165, 1.54) is 5.56 Å². The van der Waals surface area contributed by atoms with Crippen molar-refractivity contribution in [2.75, 3.05) is 12.4 Å². The molecule has 0 aliphatic heterocycles. The molecule has 1 heterocycles. The van der Waals surface area contributed by atoms with Gasteiger partial charge in [0.2, 0.25) is 0 Å². The van der Waals surface area contributed by atoms with Crippen molar-refractivity contribution in [1.29, 1.82) is 0 Å². The van der Waals surface area contributed by atoms with E-state index in [2.05, 4.69) is 22.5 Å². The summed E-state index contributed by atoms with van der Waals surface area (Å²) in [6.07, 6.45) is 0. The molecule has 1 aromatic heterocycles. The normalized spacial score (nSPS) is 10.9. The first kappa shape index (κ1) is 18.7. The molecular weight excluding hydrogens is 362 g/mol. The standard InChI is InChI=1S/C24H23N3O2/c1-16-23(17(2)27(26-16)15-18-7-5-4-6-8-18)25-24(28)21-10-9-20-14-22(29-3)12-11-19(20)13-21/h4-14H,15H2,1-3H3,(H,25,28). The summed E-state index contributed by atoms with van der Waals surface area (Å²) in [4.78, 5) is 12.9. The highest BCUT2D eigenvalue weighted by Crippen LogP contribution is 2.24. The topological polar surface area (TPSA) is 56.1 Å². The number of fused-ring (bicyclic) bond motifs is 1. The zero-order valence-corrected chi connectivity index (χ0v) is 16.8. The molecule has 0 bridgehead atoms. The molecule has 0 aliphatic rings. The summed E-state index contributed by atoms with van der Waals surface area (Å²) in [5.41, 5.74) is 4.28. The summed E-state index contributed by atoms with van der Waals surface area (Å²) in [6, 6.07) is 21.6. The first-order valence-electron chi connectivity index (χ1n) is 9.52. The molecular formula is C24H23N3O2. The lowest BCUT2D eigenvalue weighted by molar-refractivity contribution is 0.102. The molecule has 0 fully saturated rings. The quantitative estimate of drug-likeness (QED) is 0.528. The lowest BCUT2D eigenvalue weighted by atomic mass is 10.1. The Bertz CT molecular complexity index is 1180. The van der Waals surface area contributed by atoms with Crippen LogP contribution in [0, 0.1) is 13.8 Å². The van der Waals surface area contributed by atoms with Gasteiger partial charge in [0.05, 0.1) is 30.7 Å². The van der Waals surface area contributed by atoms with E-state index in [1.54, 1.807) is 7.11 Å². The van der Waals surface area contributed by atoms with Crippen LogP contribution in [0.1, 0.15) is 27.3 Å². The van der Waals surface area contributed by atoms with Gasteiger partial charge >= 0.3 is 0 Å². The van der Waals surface area contributed by atoms with E-state index < -0.39 is 0 Å². The van der Waals surface area contributed by atoms with Gasteiger partial charge in [0, 0.05) is 5.56 Å². The van der Waals surface area contributed by atoms with Crippen molar-refractivity contribution >= 4 is 22.4 Å². The Kier molecular flexibility index (Phi) is 5.04. The molecule has 29 heavy (non-hydrogen) atoms. The SMILES string of the molecule is COc1ccc2cc(C(=O)Nc3c(C)nn(Cc4ccccc4)c3C)ccc2c1. The predicted molar refractivity (Wildman–Crippen MR) is 116 cm³/mol. The van der Waals surface area contributed by atoms with Gasteiger partial charge in [0.15, 0.2) is 0 Å². The van der Waals surface area contributed by atoms with E-state index >= 15 is 0 Å². The van der Waals surface area contributed by atoms with Crippen LogP contribution < -0.4 is 10.1 Å². The number of ether oxygens (including phenoxy) is 1. The molecule has 3 aromatic carbocycles. The minimum absolute atomic E-state index is 0.145. The minimum Gasteiger partial charge on any atom is -0.497 e. The number of nitrogens with zero attached hydrogens (tertiary/aromatic N) is 2. The molecule has 0 radical (unpaired) electrons. The molecule has 5 heteroatoms. The number of rotatable bonds is 5. The van der Waals surface area contributed by atoms with Crippen molar-refractivity contribution in [3.05, 3.63) is 89.2 Å². The molecule has 0 saturated carbocycles. The Hall–Kier alpha value is -3.60. The maximum atomic E-state index is 12.9. The molecule has 5 nitrogen and oxygen atoms in total. The van der Waals surface area contributed by atoms with Crippen LogP contribution in [-0.4, -0.2) is 22.8 Å².